The van der Waals surface area contributed by atoms with Crippen LogP contribution in [0.2, 0.25) is 0 Å². The summed E-state index contributed by atoms with van der Waals surface area (Å²) < 4.78 is 0. The first kappa shape index (κ1) is 15.8. The maximum absolute atomic E-state index is 8.78. The summed E-state index contributed by atoms with van der Waals surface area (Å²) in [7, 11) is 0. The maximum atomic E-state index is 8.78. The van der Waals surface area contributed by atoms with Crippen molar-refractivity contribution in [2.75, 3.05) is 0 Å². The second-order valence-corrected chi connectivity index (χ2v) is 9.81. The molecule has 0 spiro atoms. The fraction of sp³-hybridized carbons (Fsp3) is 1.00. The fourth-order valence-electron chi connectivity index (χ4n) is 7.68. The molecule has 0 aliphatic heterocycles. The topological polar surface area (TPSA) is 48.8 Å². The van der Waals surface area contributed by atoms with Crippen LogP contribution in [0, 0.1) is 40.4 Å². The zero-order valence-electron chi connectivity index (χ0n) is 15.2. The number of azide groups is 1. The van der Waals surface area contributed by atoms with Crippen LogP contribution in [0.5, 0.6) is 0 Å². The molecule has 0 aromatic rings. The van der Waals surface area contributed by atoms with Gasteiger partial charge in [0.25, 0.3) is 0 Å². The van der Waals surface area contributed by atoms with Crippen LogP contribution in [0.1, 0.15) is 78.6 Å². The second-order valence-electron chi connectivity index (χ2n) is 9.81. The molecular weight excluding hydrogens is 282 g/mol. The summed E-state index contributed by atoms with van der Waals surface area (Å²) in [5.74, 6) is 4.65. The maximum Gasteiger partial charge on any atom is 0.0377 e. The molecule has 8 atom stereocenters. The molecule has 0 aromatic heterocycles. The van der Waals surface area contributed by atoms with Gasteiger partial charge in [-0.3, -0.25) is 0 Å². The van der Waals surface area contributed by atoms with Gasteiger partial charge in [0.1, 0.15) is 0 Å². The lowest BCUT2D eigenvalue weighted by Gasteiger charge is -2.61. The summed E-state index contributed by atoms with van der Waals surface area (Å²) in [6.45, 7) is 7.72. The van der Waals surface area contributed by atoms with E-state index in [4.69, 9.17) is 5.53 Å². The lowest BCUT2D eigenvalue weighted by atomic mass is 9.44. The van der Waals surface area contributed by atoms with Crippen LogP contribution < -0.4 is 0 Å². The first-order valence-corrected chi connectivity index (χ1v) is 10.0. The summed E-state index contributed by atoms with van der Waals surface area (Å²) in [6, 6.07) is 0.273. The zero-order valence-corrected chi connectivity index (χ0v) is 15.2. The molecule has 128 valence electrons. The van der Waals surface area contributed by atoms with Crippen molar-refractivity contribution in [1.82, 2.24) is 0 Å². The Morgan fingerprint density at radius 3 is 2.43 bits per heavy atom. The third kappa shape index (κ3) is 2.18. The number of nitrogens with zero attached hydrogens (tertiary/aromatic N) is 3. The Balaban J connectivity index is 1.58. The summed E-state index contributed by atoms with van der Waals surface area (Å²) in [4.78, 5) is 3.09. The van der Waals surface area contributed by atoms with Crippen LogP contribution in [-0.4, -0.2) is 6.04 Å². The number of fused-ring (bicyclic) bond motifs is 5. The Bertz CT molecular complexity index is 525. The smallest absolute Gasteiger partial charge is 0.0377 e. The molecule has 3 heteroatoms. The Kier molecular flexibility index (Phi) is 3.72. The van der Waals surface area contributed by atoms with Crippen molar-refractivity contribution >= 4 is 0 Å². The molecule has 0 radical (unpaired) electrons. The molecule has 4 fully saturated rings. The molecule has 0 saturated heterocycles. The van der Waals surface area contributed by atoms with E-state index in [0.717, 1.165) is 42.4 Å². The summed E-state index contributed by atoms with van der Waals surface area (Å²) >= 11 is 0. The molecule has 0 heterocycles. The van der Waals surface area contributed by atoms with E-state index in [1.54, 1.807) is 0 Å². The minimum absolute atomic E-state index is 0.273. The van der Waals surface area contributed by atoms with Gasteiger partial charge in [0, 0.05) is 11.0 Å². The van der Waals surface area contributed by atoms with Gasteiger partial charge in [0.15, 0.2) is 0 Å². The average molecular weight is 316 g/mol. The van der Waals surface area contributed by atoms with Crippen LogP contribution in [0.25, 0.3) is 10.4 Å². The Morgan fingerprint density at radius 1 is 0.913 bits per heavy atom. The monoisotopic (exact) mass is 315 g/mol. The first-order valence-electron chi connectivity index (χ1n) is 10.0. The van der Waals surface area contributed by atoms with Crippen molar-refractivity contribution in [2.24, 2.45) is 45.5 Å². The summed E-state index contributed by atoms with van der Waals surface area (Å²) in [5.41, 5.74) is 9.94. The highest BCUT2D eigenvalue weighted by Gasteiger charge is 2.59. The van der Waals surface area contributed by atoms with Crippen molar-refractivity contribution in [3.63, 3.8) is 0 Å². The molecular formula is C20H33N3. The van der Waals surface area contributed by atoms with Crippen LogP contribution in [0.15, 0.2) is 5.11 Å². The Labute approximate surface area is 141 Å². The van der Waals surface area contributed by atoms with E-state index in [1.807, 2.05) is 0 Å². The van der Waals surface area contributed by atoms with Gasteiger partial charge in [-0.15, -0.1) is 0 Å². The van der Waals surface area contributed by atoms with Crippen LogP contribution in [0.4, 0.5) is 0 Å². The highest BCUT2D eigenvalue weighted by atomic mass is 15.1. The summed E-state index contributed by atoms with van der Waals surface area (Å²) in [5, 5.41) is 4.06. The quantitative estimate of drug-likeness (QED) is 0.308. The predicted molar refractivity (Wildman–Crippen MR) is 93.8 cm³/mol. The lowest BCUT2D eigenvalue weighted by molar-refractivity contribution is -0.111. The molecule has 3 nitrogen and oxygen atoms in total. The molecule has 0 bridgehead atoms. The van der Waals surface area contributed by atoms with Gasteiger partial charge < -0.3 is 0 Å². The molecule has 0 N–H and O–H groups in total. The molecule has 0 amide bonds. The van der Waals surface area contributed by atoms with Gasteiger partial charge in [0.2, 0.25) is 0 Å². The van der Waals surface area contributed by atoms with Crippen LogP contribution in [0.3, 0.4) is 0 Å². The third-order valence-electron chi connectivity index (χ3n) is 9.33. The van der Waals surface area contributed by atoms with Gasteiger partial charge in [-0.05, 0) is 104 Å². The van der Waals surface area contributed by atoms with E-state index in [2.05, 4.69) is 30.8 Å². The van der Waals surface area contributed by atoms with Crippen molar-refractivity contribution < 1.29 is 0 Å². The number of rotatable bonds is 1. The molecule has 4 saturated carbocycles. The highest BCUT2D eigenvalue weighted by molar-refractivity contribution is 5.09. The molecule has 23 heavy (non-hydrogen) atoms. The van der Waals surface area contributed by atoms with E-state index >= 15 is 0 Å². The largest absolute Gasteiger partial charge is 0.0906 e. The van der Waals surface area contributed by atoms with Crippen LogP contribution in [-0.2, 0) is 0 Å². The standard InChI is InChI=1S/C20H33N3/c1-13-4-7-17-16-6-5-14-12-15(22-23-21)8-10-20(14,3)18(16)9-11-19(13,17)2/h13-18H,4-12H2,1-3H3/t13-,14?,15+,16?,17?,18?,19+,20-/m0/s1. The van der Waals surface area contributed by atoms with E-state index in [9.17, 15) is 0 Å². The SMILES string of the molecule is C[C@H]1CCC2C3CCC4C[C@H](N=[N+]=[N-])CC[C@]4(C)C3CC[C@@]21C. The first-order chi connectivity index (χ1) is 11.0. The molecule has 4 rings (SSSR count). The van der Waals surface area contributed by atoms with E-state index < -0.39 is 0 Å². The van der Waals surface area contributed by atoms with E-state index in [-0.39, 0.29) is 6.04 Å². The minimum Gasteiger partial charge on any atom is -0.0906 e. The Morgan fingerprint density at radius 2 is 1.65 bits per heavy atom. The third-order valence-corrected chi connectivity index (χ3v) is 9.33. The van der Waals surface area contributed by atoms with Gasteiger partial charge in [-0.2, -0.15) is 0 Å². The van der Waals surface area contributed by atoms with Gasteiger partial charge in [-0.1, -0.05) is 25.9 Å². The Hall–Kier alpha value is -0.690. The molecule has 4 aliphatic rings. The van der Waals surface area contributed by atoms with E-state index in [1.165, 1.54) is 44.9 Å². The van der Waals surface area contributed by atoms with Gasteiger partial charge in [0.05, 0.1) is 0 Å². The second kappa shape index (κ2) is 5.41. The molecule has 4 unspecified atom stereocenters. The van der Waals surface area contributed by atoms with Gasteiger partial charge >= 0.3 is 0 Å². The molecule has 4 aliphatic carbocycles. The zero-order chi connectivity index (χ0) is 16.2. The number of hydrogen-bond acceptors (Lipinski definition) is 1. The van der Waals surface area contributed by atoms with Crippen molar-refractivity contribution in [2.45, 2.75) is 84.6 Å². The fourth-order valence-corrected chi connectivity index (χ4v) is 7.68. The average Bonchev–Trinajstić information content (AvgIpc) is 2.84. The number of hydrogen-bond donors (Lipinski definition) is 0. The highest BCUT2D eigenvalue weighted by Crippen LogP contribution is 2.67. The minimum atomic E-state index is 0.273. The van der Waals surface area contributed by atoms with Crippen molar-refractivity contribution in [3.8, 4) is 0 Å². The normalized spacial score (nSPS) is 55.3. The summed E-state index contributed by atoms with van der Waals surface area (Å²) in [6.07, 6.45) is 12.3. The van der Waals surface area contributed by atoms with E-state index in [0.29, 0.717) is 10.8 Å². The lowest BCUT2D eigenvalue weighted by Crippen LogP contribution is -2.53. The van der Waals surface area contributed by atoms with Crippen molar-refractivity contribution in [3.05, 3.63) is 10.4 Å². The van der Waals surface area contributed by atoms with Gasteiger partial charge in [-0.25, -0.2) is 0 Å². The van der Waals surface area contributed by atoms with Crippen molar-refractivity contribution in [1.29, 1.82) is 0 Å². The predicted octanol–water partition coefficient (Wildman–Crippen LogP) is 6.34. The van der Waals surface area contributed by atoms with Crippen LogP contribution >= 0.6 is 0 Å². The molecule has 0 aromatic carbocycles.